The number of fused-ring (bicyclic) bond motifs is 1. The van der Waals surface area contributed by atoms with E-state index in [2.05, 4.69) is 15.8 Å². The SMILES string of the molecule is CCS(=O)(=O)N1CCC(c2c[nH]c3ccc(-c4ccc(NS(C)(=O)=O)cc4)cc23)CC1. The van der Waals surface area contributed by atoms with Gasteiger partial charge in [-0.25, -0.2) is 21.1 Å². The molecule has 0 bridgehead atoms. The largest absolute Gasteiger partial charge is 0.361 e. The third kappa shape index (κ3) is 4.78. The number of benzene rings is 2. The zero-order chi connectivity index (χ0) is 22.2. The van der Waals surface area contributed by atoms with Gasteiger partial charge in [0.25, 0.3) is 0 Å². The summed E-state index contributed by atoms with van der Waals surface area (Å²) in [4.78, 5) is 3.34. The van der Waals surface area contributed by atoms with Gasteiger partial charge in [0.1, 0.15) is 0 Å². The second kappa shape index (κ2) is 8.29. The van der Waals surface area contributed by atoms with E-state index in [0.29, 0.717) is 24.7 Å². The molecule has 3 aromatic rings. The highest BCUT2D eigenvalue weighted by molar-refractivity contribution is 7.92. The van der Waals surface area contributed by atoms with Crippen molar-refractivity contribution in [3.63, 3.8) is 0 Å². The summed E-state index contributed by atoms with van der Waals surface area (Å²) in [5.74, 6) is 0.459. The molecule has 0 unspecified atom stereocenters. The minimum Gasteiger partial charge on any atom is -0.361 e. The average molecular weight is 462 g/mol. The lowest BCUT2D eigenvalue weighted by atomic mass is 9.89. The Bertz CT molecular complexity index is 1290. The van der Waals surface area contributed by atoms with E-state index >= 15 is 0 Å². The third-order valence-electron chi connectivity index (χ3n) is 5.89. The molecule has 0 saturated carbocycles. The quantitative estimate of drug-likeness (QED) is 0.584. The van der Waals surface area contributed by atoms with Gasteiger partial charge in [-0.3, -0.25) is 4.72 Å². The number of aromatic amines is 1. The highest BCUT2D eigenvalue weighted by Crippen LogP contribution is 2.36. The van der Waals surface area contributed by atoms with E-state index < -0.39 is 20.0 Å². The van der Waals surface area contributed by atoms with Crippen LogP contribution < -0.4 is 4.72 Å². The van der Waals surface area contributed by atoms with Crippen molar-refractivity contribution in [3.05, 3.63) is 54.2 Å². The van der Waals surface area contributed by atoms with Crippen LogP contribution in [0.15, 0.2) is 48.7 Å². The Kier molecular flexibility index (Phi) is 5.85. The molecule has 1 aliphatic heterocycles. The van der Waals surface area contributed by atoms with Gasteiger partial charge in [0.2, 0.25) is 20.0 Å². The first kappa shape index (κ1) is 21.9. The Morgan fingerprint density at radius 2 is 1.65 bits per heavy atom. The topological polar surface area (TPSA) is 99.3 Å². The standard InChI is InChI=1S/C22H27N3O4S2/c1-3-31(28,29)25-12-10-17(11-13-25)21-15-23-22-9-6-18(14-20(21)22)16-4-7-19(8-5-16)24-30(2,26)27/h4-9,14-15,17,23-24H,3,10-13H2,1-2H3. The maximum absolute atomic E-state index is 12.1. The van der Waals surface area contributed by atoms with E-state index in [9.17, 15) is 16.8 Å². The maximum atomic E-state index is 12.1. The Morgan fingerprint density at radius 1 is 1.00 bits per heavy atom. The molecule has 4 rings (SSSR count). The second-order valence-electron chi connectivity index (χ2n) is 8.03. The van der Waals surface area contributed by atoms with Crippen LogP contribution in [0.3, 0.4) is 0 Å². The van der Waals surface area contributed by atoms with Crippen LogP contribution in [0.1, 0.15) is 31.2 Å². The van der Waals surface area contributed by atoms with Crippen molar-refractivity contribution in [2.24, 2.45) is 0 Å². The molecule has 7 nitrogen and oxygen atoms in total. The molecule has 0 amide bonds. The van der Waals surface area contributed by atoms with Crippen LogP contribution in [-0.4, -0.2) is 51.2 Å². The lowest BCUT2D eigenvalue weighted by Crippen LogP contribution is -2.38. The Hall–Kier alpha value is -2.36. The van der Waals surface area contributed by atoms with Crippen LogP contribution >= 0.6 is 0 Å². The maximum Gasteiger partial charge on any atom is 0.229 e. The van der Waals surface area contributed by atoms with Crippen LogP contribution in [0.25, 0.3) is 22.0 Å². The zero-order valence-corrected chi connectivity index (χ0v) is 19.3. The number of anilines is 1. The minimum absolute atomic E-state index is 0.145. The Morgan fingerprint density at radius 3 is 2.26 bits per heavy atom. The molecular weight excluding hydrogens is 434 g/mol. The number of nitrogens with zero attached hydrogens (tertiary/aromatic N) is 1. The fraction of sp³-hybridized carbons (Fsp3) is 0.364. The van der Waals surface area contributed by atoms with E-state index in [-0.39, 0.29) is 5.75 Å². The molecule has 1 aliphatic rings. The summed E-state index contributed by atoms with van der Waals surface area (Å²) in [6, 6.07) is 13.5. The predicted octanol–water partition coefficient (Wildman–Crippen LogP) is 3.74. The van der Waals surface area contributed by atoms with E-state index in [0.717, 1.165) is 41.1 Å². The molecule has 9 heteroatoms. The number of nitrogens with one attached hydrogen (secondary N) is 2. The predicted molar refractivity (Wildman–Crippen MR) is 125 cm³/mol. The molecular formula is C22H27N3O4S2. The van der Waals surface area contributed by atoms with Crippen LogP contribution in [0.4, 0.5) is 5.69 Å². The van der Waals surface area contributed by atoms with Crippen molar-refractivity contribution in [1.29, 1.82) is 0 Å². The monoisotopic (exact) mass is 461 g/mol. The molecule has 0 spiro atoms. The van der Waals surface area contributed by atoms with Crippen molar-refractivity contribution < 1.29 is 16.8 Å². The number of sulfonamides is 2. The Balaban J connectivity index is 1.57. The van der Waals surface area contributed by atoms with Crippen molar-refractivity contribution in [3.8, 4) is 11.1 Å². The summed E-state index contributed by atoms with van der Waals surface area (Å²) < 4.78 is 51.2. The third-order valence-corrected chi connectivity index (χ3v) is 8.38. The van der Waals surface area contributed by atoms with Gasteiger partial charge < -0.3 is 4.98 Å². The van der Waals surface area contributed by atoms with Gasteiger partial charge in [-0.05, 0) is 66.6 Å². The number of piperidine rings is 1. The summed E-state index contributed by atoms with van der Waals surface area (Å²) >= 11 is 0. The molecule has 2 N–H and O–H groups in total. The summed E-state index contributed by atoms with van der Waals surface area (Å²) in [5, 5.41) is 1.15. The average Bonchev–Trinajstić information content (AvgIpc) is 3.16. The number of hydrogen-bond acceptors (Lipinski definition) is 4. The first-order valence-electron chi connectivity index (χ1n) is 10.3. The van der Waals surface area contributed by atoms with Crippen molar-refractivity contribution in [2.45, 2.75) is 25.7 Å². The smallest absolute Gasteiger partial charge is 0.229 e. The van der Waals surface area contributed by atoms with Gasteiger partial charge in [0.05, 0.1) is 12.0 Å². The molecule has 1 saturated heterocycles. The lowest BCUT2D eigenvalue weighted by molar-refractivity contribution is 0.321. The zero-order valence-electron chi connectivity index (χ0n) is 17.6. The van der Waals surface area contributed by atoms with Crippen molar-refractivity contribution >= 4 is 36.6 Å². The molecule has 2 aromatic carbocycles. The molecule has 166 valence electrons. The normalized spacial score (nSPS) is 16.6. The molecule has 1 fully saturated rings. The van der Waals surface area contributed by atoms with Crippen LogP contribution in [0.2, 0.25) is 0 Å². The first-order valence-corrected chi connectivity index (χ1v) is 13.8. The molecule has 1 aromatic heterocycles. The number of aromatic nitrogens is 1. The Labute approximate surface area is 183 Å². The van der Waals surface area contributed by atoms with Crippen molar-refractivity contribution in [1.82, 2.24) is 9.29 Å². The van der Waals surface area contributed by atoms with E-state index in [4.69, 9.17) is 0 Å². The fourth-order valence-electron chi connectivity index (χ4n) is 4.23. The number of rotatable bonds is 6. The van der Waals surface area contributed by atoms with Gasteiger partial charge in [0, 0.05) is 35.9 Å². The number of H-pyrrole nitrogens is 1. The van der Waals surface area contributed by atoms with Gasteiger partial charge in [-0.2, -0.15) is 0 Å². The second-order valence-corrected chi connectivity index (χ2v) is 12.0. The minimum atomic E-state index is -3.30. The molecule has 0 radical (unpaired) electrons. The molecule has 0 aliphatic carbocycles. The summed E-state index contributed by atoms with van der Waals surface area (Å²) in [6.07, 6.45) is 4.79. The van der Waals surface area contributed by atoms with E-state index in [1.54, 1.807) is 23.4 Å². The first-order chi connectivity index (χ1) is 14.7. The van der Waals surface area contributed by atoms with Gasteiger partial charge >= 0.3 is 0 Å². The number of hydrogen-bond donors (Lipinski definition) is 2. The van der Waals surface area contributed by atoms with Gasteiger partial charge in [-0.15, -0.1) is 0 Å². The van der Waals surface area contributed by atoms with Gasteiger partial charge in [-0.1, -0.05) is 18.2 Å². The highest BCUT2D eigenvalue weighted by Gasteiger charge is 2.28. The lowest BCUT2D eigenvalue weighted by Gasteiger charge is -2.30. The summed E-state index contributed by atoms with van der Waals surface area (Å²) in [7, 11) is -6.44. The van der Waals surface area contributed by atoms with Crippen LogP contribution in [-0.2, 0) is 20.0 Å². The summed E-state index contributed by atoms with van der Waals surface area (Å²) in [6.45, 7) is 2.80. The van der Waals surface area contributed by atoms with E-state index in [1.165, 1.54) is 5.56 Å². The van der Waals surface area contributed by atoms with E-state index in [1.807, 2.05) is 30.5 Å². The molecule has 2 heterocycles. The van der Waals surface area contributed by atoms with Crippen LogP contribution in [0.5, 0.6) is 0 Å². The molecule has 31 heavy (non-hydrogen) atoms. The van der Waals surface area contributed by atoms with Gasteiger partial charge in [0.15, 0.2) is 0 Å². The fourth-order valence-corrected chi connectivity index (χ4v) is 5.93. The van der Waals surface area contributed by atoms with Crippen molar-refractivity contribution in [2.75, 3.05) is 29.8 Å². The molecule has 0 atom stereocenters. The van der Waals surface area contributed by atoms with Crippen LogP contribution in [0, 0.1) is 0 Å². The highest BCUT2D eigenvalue weighted by atomic mass is 32.2. The summed E-state index contributed by atoms with van der Waals surface area (Å²) in [5.41, 5.74) is 4.85.